The Labute approximate surface area is 115 Å². The average Bonchev–Trinajstić information content (AvgIpc) is 2.42. The molecule has 1 aliphatic rings. The molecule has 1 fully saturated rings. The van der Waals surface area contributed by atoms with Gasteiger partial charge in [-0.05, 0) is 43.7 Å². The van der Waals surface area contributed by atoms with Crippen LogP contribution in [0.1, 0.15) is 29.3 Å². The normalized spacial score (nSPS) is 16.6. The molecule has 0 aliphatic carbocycles. The van der Waals surface area contributed by atoms with E-state index in [0.29, 0.717) is 0 Å². The van der Waals surface area contributed by atoms with Gasteiger partial charge in [0.05, 0.1) is 0 Å². The Morgan fingerprint density at radius 2 is 1.95 bits per heavy atom. The first-order chi connectivity index (χ1) is 9.11. The Bertz CT molecular complexity index is 451. The maximum absolute atomic E-state index is 12.4. The van der Waals surface area contributed by atoms with Crippen LogP contribution in [0.15, 0.2) is 18.2 Å². The monoisotopic (exact) mass is 261 g/mol. The number of nitrogens with zero attached hydrogens (tertiary/aromatic N) is 2. The van der Waals surface area contributed by atoms with E-state index in [2.05, 4.69) is 11.8 Å². The maximum Gasteiger partial charge on any atom is 0.253 e. The number of amides is 1. The summed E-state index contributed by atoms with van der Waals surface area (Å²) in [5, 5.41) is 0. The lowest BCUT2D eigenvalue weighted by Crippen LogP contribution is -2.48. The average molecular weight is 261 g/mol. The second-order valence-corrected chi connectivity index (χ2v) is 5.21. The summed E-state index contributed by atoms with van der Waals surface area (Å²) in [6.07, 6.45) is 1.17. The summed E-state index contributed by atoms with van der Waals surface area (Å²) < 4.78 is 0. The minimum atomic E-state index is 0.124. The second kappa shape index (κ2) is 6.06. The van der Waals surface area contributed by atoms with Crippen molar-refractivity contribution in [2.75, 3.05) is 38.5 Å². The van der Waals surface area contributed by atoms with Crippen LogP contribution in [0.5, 0.6) is 0 Å². The van der Waals surface area contributed by atoms with Gasteiger partial charge in [0.1, 0.15) is 0 Å². The minimum absolute atomic E-state index is 0.124. The second-order valence-electron chi connectivity index (χ2n) is 5.21. The molecule has 0 aromatic heterocycles. The number of piperazine rings is 1. The maximum atomic E-state index is 12.4. The number of carbonyl (C=O) groups is 1. The number of hydrogen-bond acceptors (Lipinski definition) is 3. The number of benzene rings is 1. The van der Waals surface area contributed by atoms with Gasteiger partial charge in [0.15, 0.2) is 0 Å². The van der Waals surface area contributed by atoms with Crippen LogP contribution in [-0.2, 0) is 0 Å². The fourth-order valence-electron chi connectivity index (χ4n) is 2.48. The number of anilines is 1. The predicted molar refractivity (Wildman–Crippen MR) is 78.2 cm³/mol. The molecule has 1 aromatic carbocycles. The summed E-state index contributed by atoms with van der Waals surface area (Å²) >= 11 is 0. The van der Waals surface area contributed by atoms with Crippen LogP contribution in [0.4, 0.5) is 5.69 Å². The zero-order valence-corrected chi connectivity index (χ0v) is 11.9. The topological polar surface area (TPSA) is 49.6 Å². The first-order valence-electron chi connectivity index (χ1n) is 6.99. The molecule has 1 heterocycles. The summed E-state index contributed by atoms with van der Waals surface area (Å²) in [4.78, 5) is 16.8. The van der Waals surface area contributed by atoms with E-state index in [-0.39, 0.29) is 5.91 Å². The fraction of sp³-hybridized carbons (Fsp3) is 0.533. The van der Waals surface area contributed by atoms with Crippen LogP contribution >= 0.6 is 0 Å². The van der Waals surface area contributed by atoms with Crippen LogP contribution in [0.3, 0.4) is 0 Å². The van der Waals surface area contributed by atoms with E-state index in [1.54, 1.807) is 0 Å². The smallest absolute Gasteiger partial charge is 0.253 e. The summed E-state index contributed by atoms with van der Waals surface area (Å²) in [6, 6.07) is 5.52. The fourth-order valence-corrected chi connectivity index (χ4v) is 2.48. The van der Waals surface area contributed by atoms with Crippen LogP contribution in [0, 0.1) is 6.92 Å². The number of aryl methyl sites for hydroxylation is 1. The molecule has 0 spiro atoms. The highest BCUT2D eigenvalue weighted by molar-refractivity contribution is 5.95. The van der Waals surface area contributed by atoms with Gasteiger partial charge < -0.3 is 10.6 Å². The molecule has 19 heavy (non-hydrogen) atoms. The van der Waals surface area contributed by atoms with E-state index in [1.807, 2.05) is 30.0 Å². The third kappa shape index (κ3) is 3.26. The summed E-state index contributed by atoms with van der Waals surface area (Å²) in [7, 11) is 0. The Hall–Kier alpha value is -1.55. The van der Waals surface area contributed by atoms with E-state index in [4.69, 9.17) is 5.73 Å². The highest BCUT2D eigenvalue weighted by atomic mass is 16.2. The van der Waals surface area contributed by atoms with Gasteiger partial charge in [-0.1, -0.05) is 6.92 Å². The summed E-state index contributed by atoms with van der Waals surface area (Å²) in [5.74, 6) is 0.124. The molecule has 0 atom stereocenters. The van der Waals surface area contributed by atoms with Crippen LogP contribution in [0.25, 0.3) is 0 Å². The molecule has 2 N–H and O–H groups in total. The molecule has 1 aliphatic heterocycles. The number of nitrogen functional groups attached to an aromatic ring is 1. The molecule has 0 saturated carbocycles. The predicted octanol–water partition coefficient (Wildman–Crippen LogP) is 1.75. The zero-order chi connectivity index (χ0) is 13.8. The molecule has 104 valence electrons. The number of hydrogen-bond donors (Lipinski definition) is 1. The molecular formula is C15H23N3O. The molecule has 0 bridgehead atoms. The van der Waals surface area contributed by atoms with Gasteiger partial charge in [0, 0.05) is 37.4 Å². The number of nitrogens with two attached hydrogens (primary N) is 1. The lowest BCUT2D eigenvalue weighted by molar-refractivity contribution is 0.0637. The molecule has 0 radical (unpaired) electrons. The largest absolute Gasteiger partial charge is 0.399 e. The van der Waals surface area contributed by atoms with E-state index in [9.17, 15) is 4.79 Å². The molecule has 2 rings (SSSR count). The SMILES string of the molecule is CCCN1CCN(C(=O)c2ccc(N)c(C)c2)CC1. The molecule has 4 nitrogen and oxygen atoms in total. The van der Waals surface area contributed by atoms with E-state index in [0.717, 1.165) is 49.5 Å². The van der Waals surface area contributed by atoms with Crippen LogP contribution in [-0.4, -0.2) is 48.4 Å². The third-order valence-corrected chi connectivity index (χ3v) is 3.72. The van der Waals surface area contributed by atoms with Crippen molar-refractivity contribution in [3.8, 4) is 0 Å². The molecule has 1 amide bonds. The molecule has 1 saturated heterocycles. The van der Waals surface area contributed by atoms with Crippen molar-refractivity contribution >= 4 is 11.6 Å². The van der Waals surface area contributed by atoms with Crippen molar-refractivity contribution in [3.05, 3.63) is 29.3 Å². The van der Waals surface area contributed by atoms with E-state index in [1.165, 1.54) is 6.42 Å². The van der Waals surface area contributed by atoms with Crippen molar-refractivity contribution in [2.24, 2.45) is 0 Å². The lowest BCUT2D eigenvalue weighted by atomic mass is 10.1. The Morgan fingerprint density at radius 3 is 2.53 bits per heavy atom. The zero-order valence-electron chi connectivity index (χ0n) is 11.9. The lowest BCUT2D eigenvalue weighted by Gasteiger charge is -2.34. The van der Waals surface area contributed by atoms with Crippen molar-refractivity contribution in [1.29, 1.82) is 0 Å². The van der Waals surface area contributed by atoms with Crippen molar-refractivity contribution in [2.45, 2.75) is 20.3 Å². The van der Waals surface area contributed by atoms with Crippen LogP contribution < -0.4 is 5.73 Å². The number of rotatable bonds is 3. The third-order valence-electron chi connectivity index (χ3n) is 3.72. The van der Waals surface area contributed by atoms with E-state index < -0.39 is 0 Å². The van der Waals surface area contributed by atoms with Crippen molar-refractivity contribution < 1.29 is 4.79 Å². The van der Waals surface area contributed by atoms with Crippen molar-refractivity contribution in [1.82, 2.24) is 9.80 Å². The standard InChI is InChI=1S/C15H23N3O/c1-3-6-17-7-9-18(10-8-17)15(19)13-4-5-14(16)12(2)11-13/h4-5,11H,3,6-10,16H2,1-2H3. The van der Waals surface area contributed by atoms with Gasteiger partial charge in [-0.2, -0.15) is 0 Å². The number of carbonyl (C=O) groups excluding carboxylic acids is 1. The first-order valence-corrected chi connectivity index (χ1v) is 6.99. The summed E-state index contributed by atoms with van der Waals surface area (Å²) in [6.45, 7) is 8.86. The van der Waals surface area contributed by atoms with Gasteiger partial charge in [0.25, 0.3) is 5.91 Å². The van der Waals surface area contributed by atoms with E-state index >= 15 is 0 Å². The highest BCUT2D eigenvalue weighted by Crippen LogP contribution is 2.15. The summed E-state index contributed by atoms with van der Waals surface area (Å²) in [5.41, 5.74) is 8.24. The Morgan fingerprint density at radius 1 is 1.26 bits per heavy atom. The van der Waals surface area contributed by atoms with Crippen LogP contribution in [0.2, 0.25) is 0 Å². The van der Waals surface area contributed by atoms with Gasteiger partial charge in [-0.3, -0.25) is 9.69 Å². The van der Waals surface area contributed by atoms with Gasteiger partial charge in [-0.15, -0.1) is 0 Å². The molecule has 1 aromatic rings. The first kappa shape index (κ1) is 13.9. The Kier molecular flexibility index (Phi) is 4.43. The van der Waals surface area contributed by atoms with Gasteiger partial charge >= 0.3 is 0 Å². The van der Waals surface area contributed by atoms with Gasteiger partial charge in [0.2, 0.25) is 0 Å². The van der Waals surface area contributed by atoms with Gasteiger partial charge in [-0.25, -0.2) is 0 Å². The molecule has 0 unspecified atom stereocenters. The highest BCUT2D eigenvalue weighted by Gasteiger charge is 2.21. The quantitative estimate of drug-likeness (QED) is 0.843. The molecular weight excluding hydrogens is 238 g/mol. The molecule has 4 heteroatoms. The minimum Gasteiger partial charge on any atom is -0.399 e. The Balaban J connectivity index is 1.99. The van der Waals surface area contributed by atoms with Crippen molar-refractivity contribution in [3.63, 3.8) is 0 Å².